The average molecular weight is 269 g/mol. The molecular weight excluding hydrogens is 248 g/mol. The SMILES string of the molecule is COc1cccc(Cl)c1CN1CC(C)CC(N)C1. The smallest absolute Gasteiger partial charge is 0.124 e. The van der Waals surface area contributed by atoms with E-state index in [4.69, 9.17) is 22.1 Å². The van der Waals surface area contributed by atoms with Gasteiger partial charge in [0.05, 0.1) is 7.11 Å². The van der Waals surface area contributed by atoms with Crippen LogP contribution in [0.2, 0.25) is 5.02 Å². The molecule has 100 valence electrons. The monoisotopic (exact) mass is 268 g/mol. The van der Waals surface area contributed by atoms with Crippen LogP contribution in [0, 0.1) is 5.92 Å². The van der Waals surface area contributed by atoms with Gasteiger partial charge < -0.3 is 10.5 Å². The molecule has 2 rings (SSSR count). The molecule has 1 heterocycles. The average Bonchev–Trinajstić information content (AvgIpc) is 2.30. The highest BCUT2D eigenvalue weighted by atomic mass is 35.5. The van der Waals surface area contributed by atoms with Crippen molar-refractivity contribution in [1.82, 2.24) is 4.90 Å². The Hall–Kier alpha value is -0.770. The predicted octanol–water partition coefficient (Wildman–Crippen LogP) is 2.52. The van der Waals surface area contributed by atoms with Crippen LogP contribution in [0.15, 0.2) is 18.2 Å². The quantitative estimate of drug-likeness (QED) is 0.916. The Bertz CT molecular complexity index is 401. The molecule has 0 aliphatic carbocycles. The molecule has 0 aromatic heterocycles. The van der Waals surface area contributed by atoms with E-state index in [2.05, 4.69) is 11.8 Å². The molecule has 18 heavy (non-hydrogen) atoms. The third-order valence-electron chi connectivity index (χ3n) is 3.45. The van der Waals surface area contributed by atoms with Crippen molar-refractivity contribution >= 4 is 11.6 Å². The molecule has 0 bridgehead atoms. The number of piperidine rings is 1. The minimum absolute atomic E-state index is 0.266. The molecule has 0 saturated carbocycles. The molecule has 2 N–H and O–H groups in total. The Morgan fingerprint density at radius 3 is 2.89 bits per heavy atom. The summed E-state index contributed by atoms with van der Waals surface area (Å²) in [6.07, 6.45) is 1.11. The maximum atomic E-state index is 6.26. The van der Waals surface area contributed by atoms with Gasteiger partial charge in [0.2, 0.25) is 0 Å². The second-order valence-electron chi connectivity index (χ2n) is 5.22. The van der Waals surface area contributed by atoms with Gasteiger partial charge in [-0.2, -0.15) is 0 Å². The lowest BCUT2D eigenvalue weighted by Gasteiger charge is -2.35. The van der Waals surface area contributed by atoms with Crippen LogP contribution >= 0.6 is 11.6 Å². The summed E-state index contributed by atoms with van der Waals surface area (Å²) in [7, 11) is 1.68. The molecule has 0 spiro atoms. The van der Waals surface area contributed by atoms with Gasteiger partial charge in [-0.15, -0.1) is 0 Å². The largest absolute Gasteiger partial charge is 0.496 e. The second kappa shape index (κ2) is 5.91. The summed E-state index contributed by atoms with van der Waals surface area (Å²) in [5.41, 5.74) is 7.13. The van der Waals surface area contributed by atoms with Crippen LogP contribution in [0.1, 0.15) is 18.9 Å². The van der Waals surface area contributed by atoms with Gasteiger partial charge >= 0.3 is 0 Å². The first kappa shape index (κ1) is 13.7. The third kappa shape index (κ3) is 3.16. The molecule has 2 atom stereocenters. The van der Waals surface area contributed by atoms with E-state index < -0.39 is 0 Å². The molecule has 1 aliphatic rings. The van der Waals surface area contributed by atoms with Crippen LogP contribution in [0.4, 0.5) is 0 Å². The number of halogens is 1. The Morgan fingerprint density at radius 1 is 1.44 bits per heavy atom. The van der Waals surface area contributed by atoms with E-state index in [1.54, 1.807) is 7.11 Å². The molecule has 1 fully saturated rings. The molecule has 0 radical (unpaired) electrons. The molecule has 1 aromatic rings. The van der Waals surface area contributed by atoms with Crippen molar-refractivity contribution in [2.45, 2.75) is 25.9 Å². The summed E-state index contributed by atoms with van der Waals surface area (Å²) >= 11 is 6.26. The first-order valence-electron chi connectivity index (χ1n) is 6.39. The minimum Gasteiger partial charge on any atom is -0.496 e. The second-order valence-corrected chi connectivity index (χ2v) is 5.62. The number of ether oxygens (including phenoxy) is 1. The summed E-state index contributed by atoms with van der Waals surface area (Å²) in [5, 5.41) is 0.765. The van der Waals surface area contributed by atoms with Crippen molar-refractivity contribution in [2.75, 3.05) is 20.2 Å². The molecule has 1 aliphatic heterocycles. The zero-order chi connectivity index (χ0) is 13.1. The molecule has 0 amide bonds. The van der Waals surface area contributed by atoms with E-state index in [1.165, 1.54) is 0 Å². The van der Waals surface area contributed by atoms with Crippen molar-refractivity contribution < 1.29 is 4.74 Å². The predicted molar refractivity (Wildman–Crippen MR) is 75.0 cm³/mol. The zero-order valence-corrected chi connectivity index (χ0v) is 11.8. The summed E-state index contributed by atoms with van der Waals surface area (Å²) < 4.78 is 5.38. The fourth-order valence-electron chi connectivity index (χ4n) is 2.75. The van der Waals surface area contributed by atoms with Crippen LogP contribution in [-0.4, -0.2) is 31.1 Å². The number of hydrogen-bond donors (Lipinski definition) is 1. The first-order valence-corrected chi connectivity index (χ1v) is 6.77. The fourth-order valence-corrected chi connectivity index (χ4v) is 2.97. The van der Waals surface area contributed by atoms with Crippen LogP contribution in [0.25, 0.3) is 0 Å². The van der Waals surface area contributed by atoms with Crippen LogP contribution in [0.5, 0.6) is 5.75 Å². The Balaban J connectivity index is 2.13. The molecule has 1 saturated heterocycles. The van der Waals surface area contributed by atoms with E-state index >= 15 is 0 Å². The Morgan fingerprint density at radius 2 is 2.22 bits per heavy atom. The Kier molecular flexibility index (Phi) is 4.49. The van der Waals surface area contributed by atoms with Crippen LogP contribution < -0.4 is 10.5 Å². The normalized spacial score (nSPS) is 25.1. The number of rotatable bonds is 3. The molecule has 4 heteroatoms. The molecule has 3 nitrogen and oxygen atoms in total. The van der Waals surface area contributed by atoms with Gasteiger partial charge in [-0.05, 0) is 24.5 Å². The topological polar surface area (TPSA) is 38.5 Å². The van der Waals surface area contributed by atoms with E-state index in [-0.39, 0.29) is 6.04 Å². The van der Waals surface area contributed by atoms with E-state index in [0.717, 1.165) is 42.4 Å². The van der Waals surface area contributed by atoms with Crippen molar-refractivity contribution in [2.24, 2.45) is 11.7 Å². The van der Waals surface area contributed by atoms with E-state index in [0.29, 0.717) is 5.92 Å². The van der Waals surface area contributed by atoms with E-state index in [1.807, 2.05) is 18.2 Å². The van der Waals surface area contributed by atoms with E-state index in [9.17, 15) is 0 Å². The molecule has 2 unspecified atom stereocenters. The zero-order valence-electron chi connectivity index (χ0n) is 11.0. The molecule has 1 aromatic carbocycles. The number of benzene rings is 1. The number of methoxy groups -OCH3 is 1. The number of likely N-dealkylation sites (tertiary alicyclic amines) is 1. The van der Waals surface area contributed by atoms with Crippen molar-refractivity contribution in [3.05, 3.63) is 28.8 Å². The minimum atomic E-state index is 0.266. The van der Waals surface area contributed by atoms with Crippen molar-refractivity contribution in [3.8, 4) is 5.75 Å². The maximum absolute atomic E-state index is 6.26. The van der Waals surface area contributed by atoms with Gasteiger partial charge in [-0.3, -0.25) is 4.90 Å². The summed E-state index contributed by atoms with van der Waals surface area (Å²) in [4.78, 5) is 2.36. The Labute approximate surface area is 114 Å². The summed E-state index contributed by atoms with van der Waals surface area (Å²) in [6.45, 7) is 5.05. The highest BCUT2D eigenvalue weighted by Gasteiger charge is 2.23. The van der Waals surface area contributed by atoms with Crippen LogP contribution in [0.3, 0.4) is 0 Å². The lowest BCUT2D eigenvalue weighted by atomic mass is 9.96. The van der Waals surface area contributed by atoms with Gasteiger partial charge in [-0.25, -0.2) is 0 Å². The third-order valence-corrected chi connectivity index (χ3v) is 3.80. The summed E-state index contributed by atoms with van der Waals surface area (Å²) in [5.74, 6) is 1.50. The highest BCUT2D eigenvalue weighted by molar-refractivity contribution is 6.31. The standard InChI is InChI=1S/C14H21ClN2O/c1-10-6-11(16)8-17(7-10)9-12-13(15)4-3-5-14(12)18-2/h3-5,10-11H,6-9,16H2,1-2H3. The summed E-state index contributed by atoms with van der Waals surface area (Å²) in [6, 6.07) is 6.04. The maximum Gasteiger partial charge on any atom is 0.124 e. The lowest BCUT2D eigenvalue weighted by molar-refractivity contribution is 0.157. The van der Waals surface area contributed by atoms with Crippen molar-refractivity contribution in [3.63, 3.8) is 0 Å². The highest BCUT2D eigenvalue weighted by Crippen LogP contribution is 2.29. The number of hydrogen-bond acceptors (Lipinski definition) is 3. The van der Waals surface area contributed by atoms with Gasteiger partial charge in [0.15, 0.2) is 0 Å². The van der Waals surface area contributed by atoms with Gasteiger partial charge in [0.1, 0.15) is 5.75 Å². The first-order chi connectivity index (χ1) is 8.60. The fraction of sp³-hybridized carbons (Fsp3) is 0.571. The number of nitrogens with zero attached hydrogens (tertiary/aromatic N) is 1. The van der Waals surface area contributed by atoms with Gasteiger partial charge in [0.25, 0.3) is 0 Å². The van der Waals surface area contributed by atoms with Gasteiger partial charge in [0, 0.05) is 36.3 Å². The van der Waals surface area contributed by atoms with Crippen LogP contribution in [-0.2, 0) is 6.54 Å². The lowest BCUT2D eigenvalue weighted by Crippen LogP contribution is -2.45. The molecular formula is C14H21ClN2O. The van der Waals surface area contributed by atoms with Crippen molar-refractivity contribution in [1.29, 1.82) is 0 Å². The number of nitrogens with two attached hydrogens (primary N) is 1. The van der Waals surface area contributed by atoms with Gasteiger partial charge in [-0.1, -0.05) is 24.6 Å².